The number of urea groups is 1. The van der Waals surface area contributed by atoms with Gasteiger partial charge in [0, 0.05) is 18.7 Å². The fourth-order valence-corrected chi connectivity index (χ4v) is 4.62. The van der Waals surface area contributed by atoms with Crippen molar-refractivity contribution in [1.29, 1.82) is 0 Å². The van der Waals surface area contributed by atoms with Crippen molar-refractivity contribution in [3.05, 3.63) is 90.0 Å². The number of methoxy groups -OCH3 is 1. The summed E-state index contributed by atoms with van der Waals surface area (Å²) in [6, 6.07) is 15.5. The Morgan fingerprint density at radius 3 is 2.11 bits per heavy atom. The van der Waals surface area contributed by atoms with E-state index in [4.69, 9.17) is 4.74 Å². The van der Waals surface area contributed by atoms with Crippen molar-refractivity contribution in [3.8, 4) is 5.75 Å². The van der Waals surface area contributed by atoms with Gasteiger partial charge in [-0.2, -0.15) is 0 Å². The van der Waals surface area contributed by atoms with Gasteiger partial charge >= 0.3 is 6.03 Å². The van der Waals surface area contributed by atoms with Crippen molar-refractivity contribution in [2.45, 2.75) is 24.3 Å². The average Bonchev–Trinajstić information content (AvgIpc) is 2.84. The van der Waals surface area contributed by atoms with Crippen LogP contribution in [-0.2, 0) is 21.2 Å². The molecule has 0 aromatic heterocycles. The summed E-state index contributed by atoms with van der Waals surface area (Å²) in [4.78, 5) is 26.3. The van der Waals surface area contributed by atoms with Crippen molar-refractivity contribution < 1.29 is 31.5 Å². The summed E-state index contributed by atoms with van der Waals surface area (Å²) in [6.45, 7) is 1.99. The molecule has 0 saturated carbocycles. The normalized spacial score (nSPS) is 11.9. The molecule has 0 unspecified atom stereocenters. The number of likely N-dealkylation sites (N-methyl/N-ethyl adjacent to an activating group) is 1. The van der Waals surface area contributed by atoms with E-state index in [1.54, 1.807) is 66.2 Å². The van der Waals surface area contributed by atoms with Crippen LogP contribution in [0, 0.1) is 11.6 Å². The van der Waals surface area contributed by atoms with Crippen LogP contribution in [0.3, 0.4) is 0 Å². The first-order valence-electron chi connectivity index (χ1n) is 10.9. The highest BCUT2D eigenvalue weighted by molar-refractivity contribution is 7.90. The van der Waals surface area contributed by atoms with E-state index >= 15 is 0 Å². The van der Waals surface area contributed by atoms with Crippen molar-refractivity contribution in [3.63, 3.8) is 0 Å². The molecule has 0 heterocycles. The minimum Gasteiger partial charge on any atom is -0.497 e. The predicted molar refractivity (Wildman–Crippen MR) is 130 cm³/mol. The number of hydrogen-bond acceptors (Lipinski definition) is 5. The third kappa shape index (κ3) is 6.36. The monoisotopic (exact) mass is 517 g/mol. The van der Waals surface area contributed by atoms with Gasteiger partial charge in [-0.05, 0) is 48.9 Å². The van der Waals surface area contributed by atoms with Crippen LogP contribution in [0.1, 0.15) is 12.5 Å². The molecule has 0 aliphatic carbocycles. The van der Waals surface area contributed by atoms with Crippen LogP contribution in [0.5, 0.6) is 5.75 Å². The molecule has 0 spiro atoms. The van der Waals surface area contributed by atoms with E-state index in [1.165, 1.54) is 12.0 Å². The molecule has 0 saturated heterocycles. The minimum atomic E-state index is -4.90. The molecular weight excluding hydrogens is 492 g/mol. The number of ether oxygens (including phenoxy) is 1. The number of anilines is 1. The number of halogens is 2. The van der Waals surface area contributed by atoms with Gasteiger partial charge in [0.1, 0.15) is 23.4 Å². The predicted octanol–water partition coefficient (Wildman–Crippen LogP) is 3.63. The third-order valence-corrected chi connectivity index (χ3v) is 6.65. The molecule has 0 aliphatic heterocycles. The number of nitrogens with zero attached hydrogens (tertiary/aromatic N) is 1. The summed E-state index contributed by atoms with van der Waals surface area (Å²) in [6.07, 6.45) is 0.0356. The Labute approximate surface area is 207 Å². The second-order valence-corrected chi connectivity index (χ2v) is 9.27. The zero-order chi connectivity index (χ0) is 26.3. The summed E-state index contributed by atoms with van der Waals surface area (Å²) in [5.74, 6) is -2.64. The quantitative estimate of drug-likeness (QED) is 0.451. The van der Waals surface area contributed by atoms with Crippen molar-refractivity contribution in [2.24, 2.45) is 0 Å². The molecule has 0 radical (unpaired) electrons. The van der Waals surface area contributed by atoms with E-state index < -0.39 is 44.5 Å². The Morgan fingerprint density at radius 1 is 0.944 bits per heavy atom. The number of carbonyl (C=O) groups is 2. The number of amides is 3. The van der Waals surface area contributed by atoms with Gasteiger partial charge in [0.05, 0.1) is 7.11 Å². The summed E-state index contributed by atoms with van der Waals surface area (Å²) < 4.78 is 59.8. The standard InChI is InChI=1S/C25H25F2N3O5S/c1-3-30(18-12-14-19(35-2)15-13-18)24(31)22(16-17-8-5-4-6-9-17)28-25(32)29-36(33,34)23-20(26)10-7-11-21(23)27/h4-15,22H,3,16H2,1-2H3,(H2,28,29,32)/t22-/m0/s1. The smallest absolute Gasteiger partial charge is 0.329 e. The highest BCUT2D eigenvalue weighted by atomic mass is 32.2. The van der Waals surface area contributed by atoms with Gasteiger partial charge in [-0.3, -0.25) is 4.79 Å². The molecule has 11 heteroatoms. The number of rotatable bonds is 9. The van der Waals surface area contributed by atoms with Crippen LogP contribution < -0.4 is 19.7 Å². The van der Waals surface area contributed by atoms with E-state index in [0.717, 1.165) is 18.2 Å². The Kier molecular flexibility index (Phi) is 8.59. The Morgan fingerprint density at radius 2 is 1.56 bits per heavy atom. The lowest BCUT2D eigenvalue weighted by Crippen LogP contribution is -2.53. The molecule has 1 atom stereocenters. The average molecular weight is 518 g/mol. The first-order chi connectivity index (χ1) is 17.2. The van der Waals surface area contributed by atoms with Crippen LogP contribution in [-0.4, -0.2) is 40.1 Å². The first kappa shape index (κ1) is 26.6. The zero-order valence-electron chi connectivity index (χ0n) is 19.6. The molecule has 3 aromatic carbocycles. The largest absolute Gasteiger partial charge is 0.497 e. The maximum Gasteiger partial charge on any atom is 0.329 e. The summed E-state index contributed by atoms with van der Waals surface area (Å²) in [5, 5.41) is 2.35. The number of carbonyl (C=O) groups excluding carboxylic acids is 2. The van der Waals surface area contributed by atoms with Gasteiger partial charge in [-0.1, -0.05) is 36.4 Å². The summed E-state index contributed by atoms with van der Waals surface area (Å²) in [7, 11) is -3.39. The van der Waals surface area contributed by atoms with E-state index in [0.29, 0.717) is 17.0 Å². The SMILES string of the molecule is CCN(C(=O)[C@H](Cc1ccccc1)NC(=O)NS(=O)(=O)c1c(F)cccc1F)c1ccc(OC)cc1. The summed E-state index contributed by atoms with van der Waals surface area (Å²) >= 11 is 0. The second kappa shape index (κ2) is 11.6. The summed E-state index contributed by atoms with van der Waals surface area (Å²) in [5.41, 5.74) is 1.23. The number of benzene rings is 3. The lowest BCUT2D eigenvalue weighted by molar-refractivity contribution is -0.120. The van der Waals surface area contributed by atoms with Gasteiger partial charge in [0.2, 0.25) is 5.91 Å². The van der Waals surface area contributed by atoms with E-state index in [2.05, 4.69) is 5.32 Å². The maximum atomic E-state index is 14.0. The Bertz CT molecular complexity index is 1300. The van der Waals surface area contributed by atoms with E-state index in [9.17, 15) is 26.8 Å². The molecule has 2 N–H and O–H groups in total. The van der Waals surface area contributed by atoms with Crippen LogP contribution in [0.2, 0.25) is 0 Å². The third-order valence-electron chi connectivity index (χ3n) is 5.27. The van der Waals surface area contributed by atoms with Gasteiger partial charge in [0.15, 0.2) is 4.90 Å². The number of sulfonamides is 1. The van der Waals surface area contributed by atoms with Crippen LogP contribution in [0.4, 0.5) is 19.3 Å². The van der Waals surface area contributed by atoms with Crippen LogP contribution >= 0.6 is 0 Å². The fourth-order valence-electron chi connectivity index (χ4n) is 3.57. The van der Waals surface area contributed by atoms with Crippen molar-refractivity contribution >= 4 is 27.6 Å². The molecule has 0 aliphatic rings. The topological polar surface area (TPSA) is 105 Å². The molecule has 190 valence electrons. The Hall–Kier alpha value is -3.99. The Balaban J connectivity index is 1.87. The number of hydrogen-bond donors (Lipinski definition) is 2. The van der Waals surface area contributed by atoms with Crippen molar-refractivity contribution in [1.82, 2.24) is 10.0 Å². The zero-order valence-corrected chi connectivity index (χ0v) is 20.4. The molecular formula is C25H25F2N3O5S. The highest BCUT2D eigenvalue weighted by Gasteiger charge is 2.30. The molecule has 0 bridgehead atoms. The van der Waals surface area contributed by atoms with Gasteiger partial charge < -0.3 is 15.0 Å². The lowest BCUT2D eigenvalue weighted by Gasteiger charge is -2.27. The molecule has 36 heavy (non-hydrogen) atoms. The number of nitrogens with one attached hydrogen (secondary N) is 2. The fraction of sp³-hybridized carbons (Fsp3) is 0.200. The van der Waals surface area contributed by atoms with Crippen LogP contribution in [0.25, 0.3) is 0 Å². The second-order valence-electron chi connectivity index (χ2n) is 7.65. The first-order valence-corrected chi connectivity index (χ1v) is 12.4. The molecule has 8 nitrogen and oxygen atoms in total. The lowest BCUT2D eigenvalue weighted by atomic mass is 10.0. The van der Waals surface area contributed by atoms with Gasteiger partial charge in [-0.25, -0.2) is 26.7 Å². The molecule has 0 fully saturated rings. The molecule has 3 aromatic rings. The van der Waals surface area contributed by atoms with Crippen LogP contribution in [0.15, 0.2) is 77.7 Å². The molecule has 3 rings (SSSR count). The maximum absolute atomic E-state index is 14.0. The minimum absolute atomic E-state index is 0.0356. The van der Waals surface area contributed by atoms with E-state index in [-0.39, 0.29) is 13.0 Å². The highest BCUT2D eigenvalue weighted by Crippen LogP contribution is 2.21. The van der Waals surface area contributed by atoms with Gasteiger partial charge in [-0.15, -0.1) is 0 Å². The van der Waals surface area contributed by atoms with Crippen molar-refractivity contribution in [2.75, 3.05) is 18.6 Å². The van der Waals surface area contributed by atoms with Gasteiger partial charge in [0.25, 0.3) is 10.0 Å². The molecule has 3 amide bonds. The van der Waals surface area contributed by atoms with E-state index in [1.807, 2.05) is 0 Å².